The molecule has 0 saturated heterocycles. The van der Waals surface area contributed by atoms with Crippen LogP contribution < -0.4 is 0 Å². The largest absolute Gasteiger partial charge is 0.463 e. The standard InChI is InChI=1S/C8H13NO2/c1-4-11-8(10)6(2)5-7(3)9/h5,9H,4H2,1-3H3/b6-5+,9-7?. The van der Waals surface area contributed by atoms with Crippen LogP contribution in [-0.4, -0.2) is 18.3 Å². The van der Waals surface area contributed by atoms with Crippen molar-refractivity contribution in [2.24, 2.45) is 0 Å². The normalized spacial score (nSPS) is 11.0. The highest BCUT2D eigenvalue weighted by Crippen LogP contribution is 1.96. The first-order valence-electron chi connectivity index (χ1n) is 3.48. The van der Waals surface area contributed by atoms with Crippen molar-refractivity contribution in [3.63, 3.8) is 0 Å². The number of nitrogens with one attached hydrogen (secondary N) is 1. The van der Waals surface area contributed by atoms with Gasteiger partial charge in [0.25, 0.3) is 0 Å². The molecule has 0 aromatic heterocycles. The summed E-state index contributed by atoms with van der Waals surface area (Å²) in [5.41, 5.74) is 0.829. The molecule has 3 nitrogen and oxygen atoms in total. The lowest BCUT2D eigenvalue weighted by molar-refractivity contribution is -0.138. The van der Waals surface area contributed by atoms with Gasteiger partial charge in [-0.1, -0.05) is 0 Å². The fourth-order valence-electron chi connectivity index (χ4n) is 0.629. The number of carbonyl (C=O) groups excluding carboxylic acids is 1. The molecule has 0 amide bonds. The Morgan fingerprint density at radius 2 is 2.09 bits per heavy atom. The number of hydrogen-bond donors (Lipinski definition) is 1. The number of ether oxygens (including phenoxy) is 1. The Hall–Kier alpha value is -1.12. The number of allylic oxidation sites excluding steroid dienone is 1. The third kappa shape index (κ3) is 4.31. The number of carbonyl (C=O) groups is 1. The van der Waals surface area contributed by atoms with Gasteiger partial charge in [0.2, 0.25) is 0 Å². The van der Waals surface area contributed by atoms with E-state index in [0.29, 0.717) is 17.9 Å². The van der Waals surface area contributed by atoms with Gasteiger partial charge >= 0.3 is 5.97 Å². The smallest absolute Gasteiger partial charge is 0.333 e. The van der Waals surface area contributed by atoms with Crippen LogP contribution in [0.4, 0.5) is 0 Å². The molecular weight excluding hydrogens is 142 g/mol. The van der Waals surface area contributed by atoms with Crippen molar-refractivity contribution in [2.75, 3.05) is 6.61 Å². The van der Waals surface area contributed by atoms with Gasteiger partial charge in [-0.05, 0) is 26.8 Å². The Balaban J connectivity index is 4.12. The van der Waals surface area contributed by atoms with Crippen LogP contribution in [0.1, 0.15) is 20.8 Å². The Labute approximate surface area is 66.6 Å². The first kappa shape index (κ1) is 9.88. The lowest BCUT2D eigenvalue weighted by Gasteiger charge is -1.99. The fraction of sp³-hybridized carbons (Fsp3) is 0.500. The van der Waals surface area contributed by atoms with Gasteiger partial charge < -0.3 is 10.1 Å². The topological polar surface area (TPSA) is 50.2 Å². The summed E-state index contributed by atoms with van der Waals surface area (Å²) in [5, 5.41) is 7.07. The summed E-state index contributed by atoms with van der Waals surface area (Å²) in [6.45, 7) is 5.38. The van der Waals surface area contributed by atoms with E-state index in [1.807, 2.05) is 0 Å². The van der Waals surface area contributed by atoms with Crippen LogP contribution in [0.2, 0.25) is 0 Å². The van der Waals surface area contributed by atoms with E-state index in [1.54, 1.807) is 20.8 Å². The van der Waals surface area contributed by atoms with E-state index in [0.717, 1.165) is 0 Å². The first-order chi connectivity index (χ1) is 5.07. The third-order valence-corrected chi connectivity index (χ3v) is 1.03. The second-order valence-corrected chi connectivity index (χ2v) is 2.23. The molecule has 0 aliphatic heterocycles. The number of esters is 1. The van der Waals surface area contributed by atoms with Gasteiger partial charge in [0, 0.05) is 11.3 Å². The van der Waals surface area contributed by atoms with Gasteiger partial charge in [-0.2, -0.15) is 0 Å². The zero-order chi connectivity index (χ0) is 8.85. The molecule has 11 heavy (non-hydrogen) atoms. The first-order valence-corrected chi connectivity index (χ1v) is 3.48. The predicted octanol–water partition coefficient (Wildman–Crippen LogP) is 1.54. The highest BCUT2D eigenvalue weighted by atomic mass is 16.5. The Morgan fingerprint density at radius 3 is 2.45 bits per heavy atom. The van der Waals surface area contributed by atoms with Crippen LogP contribution in [0.25, 0.3) is 0 Å². The minimum absolute atomic E-state index is 0.348. The molecule has 62 valence electrons. The zero-order valence-electron chi connectivity index (χ0n) is 7.10. The molecular formula is C8H13NO2. The van der Waals surface area contributed by atoms with Crippen LogP contribution in [-0.2, 0) is 9.53 Å². The number of hydrogen-bond acceptors (Lipinski definition) is 3. The molecule has 0 radical (unpaired) electrons. The molecule has 0 aliphatic rings. The Bertz CT molecular complexity index is 194. The van der Waals surface area contributed by atoms with Crippen LogP contribution >= 0.6 is 0 Å². The predicted molar refractivity (Wildman–Crippen MR) is 43.8 cm³/mol. The van der Waals surface area contributed by atoms with E-state index in [-0.39, 0.29) is 5.97 Å². The van der Waals surface area contributed by atoms with Crippen molar-refractivity contribution >= 4 is 11.7 Å². The minimum atomic E-state index is -0.348. The molecule has 0 spiro atoms. The van der Waals surface area contributed by atoms with Crippen molar-refractivity contribution in [3.05, 3.63) is 11.6 Å². The molecule has 0 aromatic carbocycles. The molecule has 0 fully saturated rings. The maximum atomic E-state index is 10.9. The molecule has 0 unspecified atom stereocenters. The average molecular weight is 155 g/mol. The molecule has 0 bridgehead atoms. The minimum Gasteiger partial charge on any atom is -0.463 e. The zero-order valence-corrected chi connectivity index (χ0v) is 7.10. The molecule has 0 atom stereocenters. The Kier molecular flexibility index (Phi) is 4.18. The summed E-state index contributed by atoms with van der Waals surface area (Å²) < 4.78 is 4.70. The van der Waals surface area contributed by atoms with E-state index in [9.17, 15) is 4.79 Å². The van der Waals surface area contributed by atoms with Gasteiger partial charge in [0.05, 0.1) is 6.61 Å². The summed E-state index contributed by atoms with van der Waals surface area (Å²) in [7, 11) is 0. The van der Waals surface area contributed by atoms with E-state index in [4.69, 9.17) is 10.1 Å². The summed E-state index contributed by atoms with van der Waals surface area (Å²) >= 11 is 0. The summed E-state index contributed by atoms with van der Waals surface area (Å²) in [4.78, 5) is 10.9. The summed E-state index contributed by atoms with van der Waals surface area (Å²) in [6.07, 6.45) is 1.48. The van der Waals surface area contributed by atoms with Crippen LogP contribution in [0, 0.1) is 5.41 Å². The second-order valence-electron chi connectivity index (χ2n) is 2.23. The summed E-state index contributed by atoms with van der Waals surface area (Å²) in [5.74, 6) is -0.348. The Morgan fingerprint density at radius 1 is 1.55 bits per heavy atom. The SMILES string of the molecule is CCOC(=O)/C(C)=C/C(C)=N. The van der Waals surface area contributed by atoms with Gasteiger partial charge in [0.1, 0.15) is 0 Å². The highest BCUT2D eigenvalue weighted by Gasteiger charge is 2.02. The van der Waals surface area contributed by atoms with Gasteiger partial charge in [0.15, 0.2) is 0 Å². The van der Waals surface area contributed by atoms with E-state index in [1.165, 1.54) is 6.08 Å². The van der Waals surface area contributed by atoms with Crippen LogP contribution in [0.15, 0.2) is 11.6 Å². The molecule has 0 saturated carbocycles. The van der Waals surface area contributed by atoms with Crippen LogP contribution in [0.3, 0.4) is 0 Å². The quantitative estimate of drug-likeness (QED) is 0.382. The maximum Gasteiger partial charge on any atom is 0.333 e. The van der Waals surface area contributed by atoms with Gasteiger partial charge in [-0.25, -0.2) is 4.79 Å². The molecule has 0 aromatic rings. The van der Waals surface area contributed by atoms with E-state index >= 15 is 0 Å². The molecule has 1 N–H and O–H groups in total. The molecule has 3 heteroatoms. The van der Waals surface area contributed by atoms with Crippen molar-refractivity contribution in [2.45, 2.75) is 20.8 Å². The van der Waals surface area contributed by atoms with Crippen molar-refractivity contribution in [3.8, 4) is 0 Å². The van der Waals surface area contributed by atoms with Gasteiger partial charge in [-0.3, -0.25) is 0 Å². The van der Waals surface area contributed by atoms with E-state index in [2.05, 4.69) is 0 Å². The maximum absolute atomic E-state index is 10.9. The summed E-state index contributed by atoms with van der Waals surface area (Å²) in [6, 6.07) is 0. The van der Waals surface area contributed by atoms with Gasteiger partial charge in [-0.15, -0.1) is 0 Å². The molecule has 0 heterocycles. The fourth-order valence-corrected chi connectivity index (χ4v) is 0.629. The second kappa shape index (κ2) is 4.66. The van der Waals surface area contributed by atoms with Crippen molar-refractivity contribution in [1.82, 2.24) is 0 Å². The number of rotatable bonds is 3. The van der Waals surface area contributed by atoms with Crippen LogP contribution in [0.5, 0.6) is 0 Å². The average Bonchev–Trinajstić information content (AvgIpc) is 1.86. The lowest BCUT2D eigenvalue weighted by Crippen LogP contribution is -2.06. The van der Waals surface area contributed by atoms with Crippen molar-refractivity contribution in [1.29, 1.82) is 5.41 Å². The molecule has 0 rings (SSSR count). The monoisotopic (exact) mass is 155 g/mol. The highest BCUT2D eigenvalue weighted by molar-refractivity contribution is 5.99. The molecule has 0 aliphatic carbocycles. The lowest BCUT2D eigenvalue weighted by atomic mass is 10.2. The third-order valence-electron chi connectivity index (χ3n) is 1.03. The van der Waals surface area contributed by atoms with Crippen molar-refractivity contribution < 1.29 is 9.53 Å². The van der Waals surface area contributed by atoms with E-state index < -0.39 is 0 Å².